The fourth-order valence-corrected chi connectivity index (χ4v) is 1.62. The maximum Gasteiger partial charge on any atom is 0.220 e. The largest absolute Gasteiger partial charge is 0.377 e. The normalized spacial score (nSPS) is 12.2. The molecule has 106 valence electrons. The second-order valence-electron chi connectivity index (χ2n) is 4.75. The van der Waals surface area contributed by atoms with Crippen LogP contribution in [0.1, 0.15) is 37.8 Å². The van der Waals surface area contributed by atoms with E-state index in [2.05, 4.69) is 5.32 Å². The Labute approximate surface area is 115 Å². The van der Waals surface area contributed by atoms with Gasteiger partial charge in [0.2, 0.25) is 5.91 Å². The van der Waals surface area contributed by atoms with Gasteiger partial charge in [-0.3, -0.25) is 4.79 Å². The van der Waals surface area contributed by atoms with Crippen LogP contribution in [0.5, 0.6) is 0 Å². The highest BCUT2D eigenvalue weighted by Crippen LogP contribution is 2.06. The first kappa shape index (κ1) is 15.7. The Bertz CT molecular complexity index is 374. The van der Waals surface area contributed by atoms with Gasteiger partial charge in [-0.2, -0.15) is 0 Å². The Morgan fingerprint density at radius 1 is 1.32 bits per heavy atom. The van der Waals surface area contributed by atoms with E-state index in [4.69, 9.17) is 10.5 Å². The number of nitrogens with two attached hydrogens (primary N) is 1. The minimum atomic E-state index is 0.0516. The predicted octanol–water partition coefficient (Wildman–Crippen LogP) is 1.97. The molecule has 0 spiro atoms. The van der Waals surface area contributed by atoms with Gasteiger partial charge in [-0.05, 0) is 31.4 Å². The zero-order valence-corrected chi connectivity index (χ0v) is 11.8. The molecule has 3 N–H and O–H groups in total. The van der Waals surface area contributed by atoms with E-state index in [-0.39, 0.29) is 11.9 Å². The van der Waals surface area contributed by atoms with Gasteiger partial charge in [0.05, 0.1) is 6.61 Å². The van der Waals surface area contributed by atoms with Crippen molar-refractivity contribution in [1.29, 1.82) is 0 Å². The summed E-state index contributed by atoms with van der Waals surface area (Å²) in [4.78, 5) is 11.5. The Hall–Kier alpha value is -1.39. The van der Waals surface area contributed by atoms with Gasteiger partial charge in [-0.1, -0.05) is 24.3 Å². The Balaban J connectivity index is 2.31. The second kappa shape index (κ2) is 8.67. The molecule has 19 heavy (non-hydrogen) atoms. The van der Waals surface area contributed by atoms with Crippen LogP contribution in [-0.2, 0) is 22.7 Å². The third-order valence-corrected chi connectivity index (χ3v) is 2.81. The summed E-state index contributed by atoms with van der Waals surface area (Å²) >= 11 is 0. The van der Waals surface area contributed by atoms with E-state index in [1.54, 1.807) is 0 Å². The molecule has 0 aliphatic carbocycles. The first-order valence-electron chi connectivity index (χ1n) is 6.79. The van der Waals surface area contributed by atoms with Gasteiger partial charge < -0.3 is 15.8 Å². The Kier molecular flexibility index (Phi) is 7.15. The van der Waals surface area contributed by atoms with Crippen LogP contribution >= 0.6 is 0 Å². The zero-order valence-electron chi connectivity index (χ0n) is 11.8. The molecule has 1 aromatic rings. The minimum absolute atomic E-state index is 0.0516. The molecular weight excluding hydrogens is 240 g/mol. The highest BCUT2D eigenvalue weighted by Gasteiger charge is 2.03. The van der Waals surface area contributed by atoms with Crippen molar-refractivity contribution < 1.29 is 9.53 Å². The third kappa shape index (κ3) is 6.94. The molecule has 0 saturated heterocycles. The minimum Gasteiger partial charge on any atom is -0.377 e. The molecule has 0 saturated carbocycles. The molecule has 4 heteroatoms. The zero-order chi connectivity index (χ0) is 14.1. The second-order valence-corrected chi connectivity index (χ2v) is 4.75. The summed E-state index contributed by atoms with van der Waals surface area (Å²) < 4.78 is 5.33. The number of rotatable bonds is 8. The first-order chi connectivity index (χ1) is 9.11. The molecule has 0 radical (unpaired) electrons. The van der Waals surface area contributed by atoms with Gasteiger partial charge in [0.25, 0.3) is 0 Å². The average Bonchev–Trinajstić information content (AvgIpc) is 2.41. The number of nitrogens with one attached hydrogen (secondary N) is 1. The lowest BCUT2D eigenvalue weighted by Crippen LogP contribution is -2.25. The van der Waals surface area contributed by atoms with E-state index in [1.165, 1.54) is 0 Å². The summed E-state index contributed by atoms with van der Waals surface area (Å²) in [6, 6.07) is 8.15. The molecule has 0 fully saturated rings. The molecule has 0 aliphatic rings. The van der Waals surface area contributed by atoms with Crippen molar-refractivity contribution in [2.75, 3.05) is 6.61 Å². The van der Waals surface area contributed by atoms with Crippen LogP contribution in [-0.4, -0.2) is 18.6 Å². The summed E-state index contributed by atoms with van der Waals surface area (Å²) in [5.41, 5.74) is 7.85. The van der Waals surface area contributed by atoms with Gasteiger partial charge in [0.15, 0.2) is 0 Å². The quantitative estimate of drug-likeness (QED) is 0.754. The van der Waals surface area contributed by atoms with Crippen molar-refractivity contribution in [3.05, 3.63) is 35.4 Å². The predicted molar refractivity (Wildman–Crippen MR) is 76.5 cm³/mol. The van der Waals surface area contributed by atoms with E-state index < -0.39 is 0 Å². The lowest BCUT2D eigenvalue weighted by atomic mass is 10.1. The molecule has 1 rings (SSSR count). The number of carbonyl (C=O) groups is 1. The molecule has 4 nitrogen and oxygen atoms in total. The third-order valence-electron chi connectivity index (χ3n) is 2.81. The van der Waals surface area contributed by atoms with Crippen molar-refractivity contribution in [2.45, 2.75) is 45.9 Å². The summed E-state index contributed by atoms with van der Waals surface area (Å²) in [5.74, 6) is 0.0516. The molecule has 0 heterocycles. The Morgan fingerprint density at radius 2 is 1.95 bits per heavy atom. The van der Waals surface area contributed by atoms with Crippen LogP contribution in [0.25, 0.3) is 0 Å². The summed E-state index contributed by atoms with van der Waals surface area (Å²) in [6.07, 6.45) is 1.21. The van der Waals surface area contributed by atoms with Crippen LogP contribution in [0.2, 0.25) is 0 Å². The van der Waals surface area contributed by atoms with Crippen molar-refractivity contribution in [3.8, 4) is 0 Å². The highest BCUT2D eigenvalue weighted by atomic mass is 16.5. The average molecular weight is 264 g/mol. The van der Waals surface area contributed by atoms with Crippen LogP contribution in [0.3, 0.4) is 0 Å². The monoisotopic (exact) mass is 264 g/mol. The van der Waals surface area contributed by atoms with E-state index in [0.29, 0.717) is 19.6 Å². The number of amides is 1. The van der Waals surface area contributed by atoms with Gasteiger partial charge in [-0.25, -0.2) is 0 Å². The van der Waals surface area contributed by atoms with E-state index in [9.17, 15) is 4.79 Å². The van der Waals surface area contributed by atoms with Gasteiger partial charge in [-0.15, -0.1) is 0 Å². The molecule has 1 amide bonds. The number of hydrogen-bond acceptors (Lipinski definition) is 3. The lowest BCUT2D eigenvalue weighted by molar-refractivity contribution is -0.121. The standard InChI is InChI=1S/C15H24N2O2/c1-3-19-11-14-7-5-13(6-8-14)10-17-15(18)9-4-12(2)16/h5-8,12H,3-4,9-11,16H2,1-2H3,(H,17,18). The van der Waals surface area contributed by atoms with Crippen LogP contribution < -0.4 is 11.1 Å². The number of benzene rings is 1. The van der Waals surface area contributed by atoms with Crippen LogP contribution in [0.15, 0.2) is 24.3 Å². The van der Waals surface area contributed by atoms with Gasteiger partial charge >= 0.3 is 0 Å². The molecular formula is C15H24N2O2. The molecule has 1 aromatic carbocycles. The summed E-state index contributed by atoms with van der Waals surface area (Å²) in [7, 11) is 0. The SMILES string of the molecule is CCOCc1ccc(CNC(=O)CCC(C)N)cc1. The van der Waals surface area contributed by atoms with Crippen molar-refractivity contribution in [2.24, 2.45) is 5.73 Å². The molecule has 0 bridgehead atoms. The Morgan fingerprint density at radius 3 is 2.53 bits per heavy atom. The smallest absolute Gasteiger partial charge is 0.220 e. The number of carbonyl (C=O) groups excluding carboxylic acids is 1. The maximum absolute atomic E-state index is 11.5. The van der Waals surface area contributed by atoms with E-state index >= 15 is 0 Å². The highest BCUT2D eigenvalue weighted by molar-refractivity contribution is 5.75. The van der Waals surface area contributed by atoms with E-state index in [0.717, 1.165) is 24.2 Å². The molecule has 1 atom stereocenters. The lowest BCUT2D eigenvalue weighted by Gasteiger charge is -2.08. The maximum atomic E-state index is 11.5. The van der Waals surface area contributed by atoms with Gasteiger partial charge in [0, 0.05) is 25.6 Å². The van der Waals surface area contributed by atoms with E-state index in [1.807, 2.05) is 38.1 Å². The fourth-order valence-electron chi connectivity index (χ4n) is 1.62. The number of hydrogen-bond donors (Lipinski definition) is 2. The number of ether oxygens (including phenoxy) is 1. The van der Waals surface area contributed by atoms with Gasteiger partial charge in [0.1, 0.15) is 0 Å². The van der Waals surface area contributed by atoms with Crippen molar-refractivity contribution in [3.63, 3.8) is 0 Å². The molecule has 0 aliphatic heterocycles. The van der Waals surface area contributed by atoms with Crippen molar-refractivity contribution >= 4 is 5.91 Å². The fraction of sp³-hybridized carbons (Fsp3) is 0.533. The molecule has 1 unspecified atom stereocenters. The molecule has 0 aromatic heterocycles. The first-order valence-corrected chi connectivity index (χ1v) is 6.79. The summed E-state index contributed by atoms with van der Waals surface area (Å²) in [5, 5.41) is 2.89. The topological polar surface area (TPSA) is 64.3 Å². The van der Waals surface area contributed by atoms with Crippen LogP contribution in [0, 0.1) is 0 Å². The summed E-state index contributed by atoms with van der Waals surface area (Å²) in [6.45, 7) is 5.80. The van der Waals surface area contributed by atoms with Crippen LogP contribution in [0.4, 0.5) is 0 Å². The van der Waals surface area contributed by atoms with Crippen molar-refractivity contribution in [1.82, 2.24) is 5.32 Å².